The van der Waals surface area contributed by atoms with Crippen molar-refractivity contribution in [2.24, 2.45) is 0 Å². The molecule has 2 unspecified atom stereocenters. The van der Waals surface area contributed by atoms with Gasteiger partial charge < -0.3 is 5.32 Å². The number of benzene rings is 1. The number of nitro groups is 1. The van der Waals surface area contributed by atoms with E-state index < -0.39 is 0 Å². The molecule has 2 N–H and O–H groups in total. The molecule has 0 spiro atoms. The van der Waals surface area contributed by atoms with E-state index in [-0.39, 0.29) is 22.7 Å². The molecule has 0 amide bonds. The standard InChI is InChI=1S/C14H18N4O2/c1-3-14(17-10(2)12-8-15-16-9-12)11-5-4-6-13(7-11)18(19)20/h4-10,14,17H,3H2,1-2H3,(H,15,16). The van der Waals surface area contributed by atoms with Crippen molar-refractivity contribution < 1.29 is 4.92 Å². The molecule has 0 fully saturated rings. The molecule has 1 aromatic carbocycles. The van der Waals surface area contributed by atoms with Crippen LogP contribution in [0.25, 0.3) is 0 Å². The molecule has 106 valence electrons. The fourth-order valence-corrected chi connectivity index (χ4v) is 2.20. The number of hydrogen-bond acceptors (Lipinski definition) is 4. The van der Waals surface area contributed by atoms with Crippen molar-refractivity contribution in [2.75, 3.05) is 0 Å². The van der Waals surface area contributed by atoms with Crippen LogP contribution in [0.3, 0.4) is 0 Å². The van der Waals surface area contributed by atoms with E-state index in [4.69, 9.17) is 0 Å². The number of hydrogen-bond donors (Lipinski definition) is 2. The van der Waals surface area contributed by atoms with Crippen LogP contribution >= 0.6 is 0 Å². The Morgan fingerprint density at radius 1 is 1.45 bits per heavy atom. The first-order valence-electron chi connectivity index (χ1n) is 6.61. The molecule has 0 aliphatic heterocycles. The van der Waals surface area contributed by atoms with E-state index in [0.29, 0.717) is 0 Å². The van der Waals surface area contributed by atoms with Gasteiger partial charge in [-0.1, -0.05) is 19.1 Å². The highest BCUT2D eigenvalue weighted by molar-refractivity contribution is 5.36. The van der Waals surface area contributed by atoms with Crippen LogP contribution in [0, 0.1) is 10.1 Å². The second kappa shape index (κ2) is 6.29. The van der Waals surface area contributed by atoms with Crippen LogP contribution < -0.4 is 5.32 Å². The number of nitrogens with one attached hydrogen (secondary N) is 2. The van der Waals surface area contributed by atoms with Gasteiger partial charge in [0.25, 0.3) is 5.69 Å². The topological polar surface area (TPSA) is 83.8 Å². The maximum atomic E-state index is 10.8. The van der Waals surface area contributed by atoms with Crippen molar-refractivity contribution >= 4 is 5.69 Å². The van der Waals surface area contributed by atoms with Gasteiger partial charge in [-0.25, -0.2) is 0 Å². The number of nitro benzene ring substituents is 1. The van der Waals surface area contributed by atoms with E-state index >= 15 is 0 Å². The Balaban J connectivity index is 2.15. The van der Waals surface area contributed by atoms with E-state index in [1.807, 2.05) is 19.2 Å². The van der Waals surface area contributed by atoms with Crippen molar-refractivity contribution in [2.45, 2.75) is 32.4 Å². The Bertz CT molecular complexity index is 568. The lowest BCUT2D eigenvalue weighted by Crippen LogP contribution is -2.24. The van der Waals surface area contributed by atoms with Gasteiger partial charge in [-0.2, -0.15) is 5.10 Å². The molecule has 0 bridgehead atoms. The minimum atomic E-state index is -0.365. The molecule has 0 radical (unpaired) electrons. The van der Waals surface area contributed by atoms with Crippen LogP contribution in [-0.2, 0) is 0 Å². The molecule has 20 heavy (non-hydrogen) atoms. The first-order chi connectivity index (χ1) is 9.61. The third kappa shape index (κ3) is 3.21. The number of rotatable bonds is 6. The van der Waals surface area contributed by atoms with Gasteiger partial charge in [0.1, 0.15) is 0 Å². The van der Waals surface area contributed by atoms with Crippen molar-refractivity contribution in [1.29, 1.82) is 0 Å². The minimum Gasteiger partial charge on any atom is -0.303 e. The SMILES string of the molecule is CCC(NC(C)c1cn[nH]c1)c1cccc([N+](=O)[O-])c1. The molecule has 0 saturated carbocycles. The summed E-state index contributed by atoms with van der Waals surface area (Å²) in [6, 6.07) is 6.97. The van der Waals surface area contributed by atoms with Crippen molar-refractivity contribution in [3.8, 4) is 0 Å². The maximum Gasteiger partial charge on any atom is 0.269 e. The van der Waals surface area contributed by atoms with E-state index in [1.54, 1.807) is 18.3 Å². The zero-order chi connectivity index (χ0) is 14.5. The minimum absolute atomic E-state index is 0.0693. The average molecular weight is 274 g/mol. The highest BCUT2D eigenvalue weighted by atomic mass is 16.6. The Kier molecular flexibility index (Phi) is 4.47. The lowest BCUT2D eigenvalue weighted by Gasteiger charge is -2.22. The predicted octanol–water partition coefficient (Wildman–Crippen LogP) is 3.12. The number of non-ortho nitro benzene ring substituents is 1. The molecule has 6 nitrogen and oxygen atoms in total. The third-order valence-electron chi connectivity index (χ3n) is 3.36. The van der Waals surface area contributed by atoms with E-state index in [9.17, 15) is 10.1 Å². The van der Waals surface area contributed by atoms with Crippen LogP contribution in [0.2, 0.25) is 0 Å². The fraction of sp³-hybridized carbons (Fsp3) is 0.357. The summed E-state index contributed by atoms with van der Waals surface area (Å²) in [5, 5.41) is 21.0. The van der Waals surface area contributed by atoms with Gasteiger partial charge in [0.15, 0.2) is 0 Å². The largest absolute Gasteiger partial charge is 0.303 e. The Labute approximate surface area is 117 Å². The zero-order valence-electron chi connectivity index (χ0n) is 11.5. The first kappa shape index (κ1) is 14.2. The number of aromatic amines is 1. The summed E-state index contributed by atoms with van der Waals surface area (Å²) in [6.07, 6.45) is 4.47. The molecule has 0 aliphatic rings. The van der Waals surface area contributed by atoms with Crippen molar-refractivity contribution in [3.05, 3.63) is 57.9 Å². The molecule has 6 heteroatoms. The van der Waals surface area contributed by atoms with Crippen LogP contribution in [0.1, 0.15) is 43.5 Å². The normalized spacial score (nSPS) is 13.9. The summed E-state index contributed by atoms with van der Waals surface area (Å²) in [7, 11) is 0. The average Bonchev–Trinajstić information content (AvgIpc) is 2.99. The van der Waals surface area contributed by atoms with E-state index in [1.165, 1.54) is 6.07 Å². The van der Waals surface area contributed by atoms with Gasteiger partial charge in [0.2, 0.25) is 0 Å². The smallest absolute Gasteiger partial charge is 0.269 e. The van der Waals surface area contributed by atoms with E-state index in [0.717, 1.165) is 17.5 Å². The molecular formula is C14H18N4O2. The lowest BCUT2D eigenvalue weighted by molar-refractivity contribution is -0.384. The molecule has 1 heterocycles. The summed E-state index contributed by atoms with van der Waals surface area (Å²) in [5.74, 6) is 0. The maximum absolute atomic E-state index is 10.8. The highest BCUT2D eigenvalue weighted by Crippen LogP contribution is 2.24. The Morgan fingerprint density at radius 2 is 2.25 bits per heavy atom. The van der Waals surface area contributed by atoms with Crippen LogP contribution in [0.4, 0.5) is 5.69 Å². The highest BCUT2D eigenvalue weighted by Gasteiger charge is 2.16. The fourth-order valence-electron chi connectivity index (χ4n) is 2.20. The quantitative estimate of drug-likeness (QED) is 0.626. The predicted molar refractivity (Wildman–Crippen MR) is 76.3 cm³/mol. The van der Waals surface area contributed by atoms with Crippen LogP contribution in [-0.4, -0.2) is 15.1 Å². The zero-order valence-corrected chi connectivity index (χ0v) is 11.5. The summed E-state index contributed by atoms with van der Waals surface area (Å²) >= 11 is 0. The van der Waals surface area contributed by atoms with Gasteiger partial charge in [-0.15, -0.1) is 0 Å². The summed E-state index contributed by atoms with van der Waals surface area (Å²) in [6.45, 7) is 4.10. The van der Waals surface area contributed by atoms with Gasteiger partial charge in [-0.3, -0.25) is 15.2 Å². The second-order valence-electron chi connectivity index (χ2n) is 4.73. The molecule has 2 atom stereocenters. The van der Waals surface area contributed by atoms with Crippen LogP contribution in [0.15, 0.2) is 36.7 Å². The Morgan fingerprint density at radius 3 is 2.85 bits per heavy atom. The molecular weight excluding hydrogens is 256 g/mol. The van der Waals surface area contributed by atoms with Gasteiger partial charge in [-0.05, 0) is 18.9 Å². The van der Waals surface area contributed by atoms with Crippen molar-refractivity contribution in [3.63, 3.8) is 0 Å². The second-order valence-corrected chi connectivity index (χ2v) is 4.73. The third-order valence-corrected chi connectivity index (χ3v) is 3.36. The van der Waals surface area contributed by atoms with Crippen molar-refractivity contribution in [1.82, 2.24) is 15.5 Å². The summed E-state index contributed by atoms with van der Waals surface area (Å²) in [5.41, 5.74) is 2.12. The first-order valence-corrected chi connectivity index (χ1v) is 6.61. The van der Waals surface area contributed by atoms with Gasteiger partial charge in [0.05, 0.1) is 11.1 Å². The molecule has 0 aliphatic carbocycles. The number of aromatic nitrogens is 2. The number of H-pyrrole nitrogens is 1. The summed E-state index contributed by atoms with van der Waals surface area (Å²) in [4.78, 5) is 10.5. The monoisotopic (exact) mass is 274 g/mol. The molecule has 0 saturated heterocycles. The Hall–Kier alpha value is -2.21. The summed E-state index contributed by atoms with van der Waals surface area (Å²) < 4.78 is 0. The van der Waals surface area contributed by atoms with E-state index in [2.05, 4.69) is 22.4 Å². The molecule has 1 aromatic heterocycles. The van der Waals surface area contributed by atoms with Gasteiger partial charge >= 0.3 is 0 Å². The molecule has 2 aromatic rings. The number of nitrogens with zero attached hydrogens (tertiary/aromatic N) is 2. The van der Waals surface area contributed by atoms with Gasteiger partial charge in [0, 0.05) is 36.0 Å². The molecule has 2 rings (SSSR count). The van der Waals surface area contributed by atoms with Crippen LogP contribution in [0.5, 0.6) is 0 Å². The lowest BCUT2D eigenvalue weighted by atomic mass is 10.0.